The van der Waals surface area contributed by atoms with Crippen LogP contribution in [-0.4, -0.2) is 18.8 Å². The molecule has 0 amide bonds. The van der Waals surface area contributed by atoms with Crippen molar-refractivity contribution in [2.24, 2.45) is 5.73 Å². The number of aliphatic hydroxyl groups excluding tert-OH is 1. The standard InChI is InChI=1S/C7H17N.C3H8.CH4O.H3N/c1-2-3-4-5-6-7-8;1-3-2;1-2;/h2-8H2,1H3;3H2,1-2H3;2H,1H3;1H3. The van der Waals surface area contributed by atoms with Gasteiger partial charge in [0, 0.05) is 7.11 Å². The summed E-state index contributed by atoms with van der Waals surface area (Å²) in [6.07, 6.45) is 7.85. The second-order valence-electron chi connectivity index (χ2n) is 2.91. The summed E-state index contributed by atoms with van der Waals surface area (Å²) >= 11 is 0. The first-order chi connectivity index (χ1) is 6.33. The fraction of sp³-hybridized carbons (Fsp3) is 1.00. The molecule has 0 radical (unpaired) electrons. The smallest absolute Gasteiger partial charge is 0.0319 e. The molecule has 14 heavy (non-hydrogen) atoms. The van der Waals surface area contributed by atoms with Crippen molar-refractivity contribution in [1.82, 2.24) is 6.15 Å². The first-order valence-electron chi connectivity index (χ1n) is 5.48. The summed E-state index contributed by atoms with van der Waals surface area (Å²) in [5.41, 5.74) is 5.31. The molecule has 0 heterocycles. The van der Waals surface area contributed by atoms with Gasteiger partial charge in [0.2, 0.25) is 0 Å². The van der Waals surface area contributed by atoms with Crippen molar-refractivity contribution in [2.45, 2.75) is 59.3 Å². The van der Waals surface area contributed by atoms with Crippen LogP contribution in [0.25, 0.3) is 0 Å². The molecule has 92 valence electrons. The van der Waals surface area contributed by atoms with Crippen LogP contribution in [0.2, 0.25) is 0 Å². The Kier molecular flexibility index (Phi) is 64.7. The van der Waals surface area contributed by atoms with Gasteiger partial charge in [-0.2, -0.15) is 0 Å². The van der Waals surface area contributed by atoms with Crippen LogP contribution in [0.1, 0.15) is 59.3 Å². The van der Waals surface area contributed by atoms with Gasteiger partial charge in [0.05, 0.1) is 0 Å². The number of aliphatic hydroxyl groups is 1. The molecule has 0 aromatic rings. The molecular formula is C11H32N2O. The summed E-state index contributed by atoms with van der Waals surface area (Å²) in [6, 6.07) is 0. The minimum Gasteiger partial charge on any atom is -0.400 e. The first kappa shape index (κ1) is 23.6. The second-order valence-corrected chi connectivity index (χ2v) is 2.91. The zero-order valence-electron chi connectivity index (χ0n) is 10.7. The van der Waals surface area contributed by atoms with Crippen molar-refractivity contribution >= 4 is 0 Å². The largest absolute Gasteiger partial charge is 0.400 e. The molecule has 0 rings (SSSR count). The minimum atomic E-state index is 0. The predicted molar refractivity (Wildman–Crippen MR) is 66.9 cm³/mol. The quantitative estimate of drug-likeness (QED) is 0.607. The Morgan fingerprint density at radius 1 is 0.857 bits per heavy atom. The van der Waals surface area contributed by atoms with Crippen LogP contribution in [-0.2, 0) is 0 Å². The van der Waals surface area contributed by atoms with E-state index in [9.17, 15) is 0 Å². The molecule has 0 unspecified atom stereocenters. The van der Waals surface area contributed by atoms with E-state index in [0.29, 0.717) is 0 Å². The van der Waals surface area contributed by atoms with Crippen LogP contribution < -0.4 is 11.9 Å². The number of hydrogen-bond acceptors (Lipinski definition) is 3. The summed E-state index contributed by atoms with van der Waals surface area (Å²) < 4.78 is 0. The number of unbranched alkanes of at least 4 members (excludes halogenated alkanes) is 4. The number of rotatable bonds is 5. The summed E-state index contributed by atoms with van der Waals surface area (Å²) in [5, 5.41) is 7.00. The zero-order valence-corrected chi connectivity index (χ0v) is 10.7. The first-order valence-corrected chi connectivity index (χ1v) is 5.48. The van der Waals surface area contributed by atoms with Gasteiger partial charge in [0.25, 0.3) is 0 Å². The molecule has 0 aliphatic carbocycles. The van der Waals surface area contributed by atoms with E-state index in [1.165, 1.54) is 38.5 Å². The van der Waals surface area contributed by atoms with Gasteiger partial charge < -0.3 is 17.0 Å². The average molecular weight is 208 g/mol. The van der Waals surface area contributed by atoms with Crippen LogP contribution in [0.5, 0.6) is 0 Å². The molecule has 3 nitrogen and oxygen atoms in total. The predicted octanol–water partition coefficient (Wildman–Crippen LogP) is 3.10. The molecule has 0 aromatic carbocycles. The normalized spacial score (nSPS) is 7.29. The lowest BCUT2D eigenvalue weighted by Crippen LogP contribution is -1.97. The SMILES string of the molecule is CCC.CCCCCCCN.CO.N. The zero-order chi connectivity index (χ0) is 10.9. The van der Waals surface area contributed by atoms with Gasteiger partial charge in [0.15, 0.2) is 0 Å². The van der Waals surface area contributed by atoms with Gasteiger partial charge in [-0.1, -0.05) is 52.9 Å². The maximum Gasteiger partial charge on any atom is 0.0319 e. The van der Waals surface area contributed by atoms with Gasteiger partial charge in [-0.3, -0.25) is 0 Å². The van der Waals surface area contributed by atoms with Crippen molar-refractivity contribution in [3.05, 3.63) is 0 Å². The van der Waals surface area contributed by atoms with E-state index in [1.54, 1.807) is 0 Å². The maximum atomic E-state index is 7.00. The van der Waals surface area contributed by atoms with Crippen LogP contribution in [0.4, 0.5) is 0 Å². The molecule has 0 saturated heterocycles. The summed E-state index contributed by atoms with van der Waals surface area (Å²) in [7, 11) is 1.00. The van der Waals surface area contributed by atoms with E-state index < -0.39 is 0 Å². The topological polar surface area (TPSA) is 81.2 Å². The van der Waals surface area contributed by atoms with Crippen molar-refractivity contribution in [3.63, 3.8) is 0 Å². The molecule has 0 aliphatic rings. The fourth-order valence-corrected chi connectivity index (χ4v) is 0.748. The Morgan fingerprint density at radius 3 is 1.50 bits per heavy atom. The maximum absolute atomic E-state index is 7.00. The van der Waals surface area contributed by atoms with Crippen molar-refractivity contribution in [2.75, 3.05) is 13.7 Å². The highest BCUT2D eigenvalue weighted by molar-refractivity contribution is 4.41. The molecule has 0 bridgehead atoms. The lowest BCUT2D eigenvalue weighted by Gasteiger charge is -1.93. The lowest BCUT2D eigenvalue weighted by molar-refractivity contribution is 0.399. The van der Waals surface area contributed by atoms with Gasteiger partial charge in [-0.15, -0.1) is 0 Å². The van der Waals surface area contributed by atoms with Crippen molar-refractivity contribution in [3.8, 4) is 0 Å². The minimum absolute atomic E-state index is 0. The Morgan fingerprint density at radius 2 is 1.21 bits per heavy atom. The van der Waals surface area contributed by atoms with E-state index >= 15 is 0 Å². The highest BCUT2D eigenvalue weighted by Crippen LogP contribution is 2.00. The molecule has 0 aliphatic heterocycles. The molecule has 0 spiro atoms. The lowest BCUT2D eigenvalue weighted by atomic mass is 10.2. The van der Waals surface area contributed by atoms with Gasteiger partial charge in [-0.05, 0) is 13.0 Å². The van der Waals surface area contributed by atoms with Gasteiger partial charge >= 0.3 is 0 Å². The third-order valence-electron chi connectivity index (χ3n) is 1.31. The van der Waals surface area contributed by atoms with Crippen molar-refractivity contribution < 1.29 is 5.11 Å². The molecule has 0 atom stereocenters. The second kappa shape index (κ2) is 38.4. The van der Waals surface area contributed by atoms with Gasteiger partial charge in [-0.25, -0.2) is 0 Å². The Bertz CT molecular complexity index is 46.6. The summed E-state index contributed by atoms with van der Waals surface area (Å²) in [5.74, 6) is 0. The van der Waals surface area contributed by atoms with Crippen LogP contribution in [0.15, 0.2) is 0 Å². The Balaban J connectivity index is -0.0000000716. The van der Waals surface area contributed by atoms with E-state index in [-0.39, 0.29) is 6.15 Å². The molecule has 0 saturated carbocycles. The number of nitrogens with two attached hydrogens (primary N) is 1. The average Bonchev–Trinajstić information content (AvgIpc) is 2.17. The fourth-order valence-electron chi connectivity index (χ4n) is 0.748. The molecular weight excluding hydrogens is 176 g/mol. The van der Waals surface area contributed by atoms with Gasteiger partial charge in [0.1, 0.15) is 0 Å². The molecule has 3 heteroatoms. The Labute approximate surface area is 90.7 Å². The number of hydrogen-bond donors (Lipinski definition) is 3. The highest BCUT2D eigenvalue weighted by Gasteiger charge is 1.83. The Hall–Kier alpha value is -0.120. The summed E-state index contributed by atoms with van der Waals surface area (Å²) in [4.78, 5) is 0. The van der Waals surface area contributed by atoms with E-state index in [2.05, 4.69) is 20.8 Å². The molecule has 0 fully saturated rings. The monoisotopic (exact) mass is 208 g/mol. The highest BCUT2D eigenvalue weighted by atomic mass is 16.2. The van der Waals surface area contributed by atoms with E-state index in [1.807, 2.05) is 0 Å². The molecule has 6 N–H and O–H groups in total. The van der Waals surface area contributed by atoms with Crippen LogP contribution in [0, 0.1) is 0 Å². The van der Waals surface area contributed by atoms with E-state index in [0.717, 1.165) is 13.7 Å². The summed E-state index contributed by atoms with van der Waals surface area (Å²) in [6.45, 7) is 7.34. The third kappa shape index (κ3) is 59.1. The molecule has 0 aromatic heterocycles. The van der Waals surface area contributed by atoms with Crippen molar-refractivity contribution in [1.29, 1.82) is 0 Å². The van der Waals surface area contributed by atoms with Crippen LogP contribution in [0.3, 0.4) is 0 Å². The van der Waals surface area contributed by atoms with E-state index in [4.69, 9.17) is 10.8 Å². The third-order valence-corrected chi connectivity index (χ3v) is 1.31. The van der Waals surface area contributed by atoms with Crippen LogP contribution >= 0.6 is 0 Å².